The lowest BCUT2D eigenvalue weighted by molar-refractivity contribution is -0.0390. The van der Waals surface area contributed by atoms with Gasteiger partial charge in [0.25, 0.3) is 5.91 Å². The third kappa shape index (κ3) is 2.26. The molecule has 2 aliphatic rings. The number of nitrogens with one attached hydrogen (secondary N) is 1. The molecule has 1 aromatic heterocycles. The quantitative estimate of drug-likeness (QED) is 0.817. The summed E-state index contributed by atoms with van der Waals surface area (Å²) in [4.78, 5) is 14.2. The zero-order valence-electron chi connectivity index (χ0n) is 10.3. The van der Waals surface area contributed by atoms with Crippen molar-refractivity contribution >= 4 is 5.91 Å². The number of aromatic nitrogens is 1. The van der Waals surface area contributed by atoms with Gasteiger partial charge in [-0.25, -0.2) is 0 Å². The van der Waals surface area contributed by atoms with E-state index in [9.17, 15) is 4.79 Å². The van der Waals surface area contributed by atoms with E-state index in [1.54, 1.807) is 6.07 Å². The van der Waals surface area contributed by atoms with E-state index in [1.807, 2.05) is 0 Å². The molecule has 18 heavy (non-hydrogen) atoms. The highest BCUT2D eigenvalue weighted by Crippen LogP contribution is 2.23. The smallest absolute Gasteiger partial charge is 0.290 e. The Morgan fingerprint density at radius 3 is 3.22 bits per heavy atom. The van der Waals surface area contributed by atoms with Gasteiger partial charge in [-0.1, -0.05) is 5.16 Å². The van der Waals surface area contributed by atoms with Crippen molar-refractivity contribution in [2.45, 2.75) is 31.5 Å². The number of morpholine rings is 1. The van der Waals surface area contributed by atoms with Gasteiger partial charge >= 0.3 is 0 Å². The van der Waals surface area contributed by atoms with Crippen molar-refractivity contribution < 1.29 is 14.1 Å². The van der Waals surface area contributed by atoms with Crippen LogP contribution in [0.1, 0.15) is 23.9 Å². The predicted octanol–water partition coefficient (Wildman–Crippen LogP) is 0.266. The molecule has 1 amide bonds. The molecule has 3 heterocycles. The number of carbonyl (C=O) groups excluding carboxylic acids is 1. The van der Waals surface area contributed by atoms with Crippen LogP contribution in [0.2, 0.25) is 0 Å². The van der Waals surface area contributed by atoms with Crippen LogP contribution in [0.15, 0.2) is 16.8 Å². The van der Waals surface area contributed by atoms with Crippen LogP contribution < -0.4 is 5.32 Å². The summed E-state index contributed by atoms with van der Waals surface area (Å²) in [7, 11) is 0. The maximum Gasteiger partial charge on any atom is 0.290 e. The minimum absolute atomic E-state index is 0.168. The average molecular weight is 251 g/mol. The van der Waals surface area contributed by atoms with Gasteiger partial charge < -0.3 is 14.6 Å². The molecule has 0 unspecified atom stereocenters. The van der Waals surface area contributed by atoms with Gasteiger partial charge in [0.2, 0.25) is 5.76 Å². The Labute approximate surface area is 105 Å². The van der Waals surface area contributed by atoms with Gasteiger partial charge in [0.15, 0.2) is 0 Å². The zero-order valence-corrected chi connectivity index (χ0v) is 10.3. The molecule has 0 bridgehead atoms. The van der Waals surface area contributed by atoms with Crippen LogP contribution in [0.3, 0.4) is 0 Å². The first-order chi connectivity index (χ1) is 8.72. The van der Waals surface area contributed by atoms with Crippen molar-refractivity contribution in [3.05, 3.63) is 18.0 Å². The molecule has 0 radical (unpaired) electrons. The maximum absolute atomic E-state index is 11.8. The molecular formula is C12H17N3O3. The van der Waals surface area contributed by atoms with Gasteiger partial charge in [-0.15, -0.1) is 0 Å². The van der Waals surface area contributed by atoms with Crippen LogP contribution >= 0.6 is 0 Å². The molecule has 3 rings (SSSR count). The molecule has 3 atom stereocenters. The van der Waals surface area contributed by atoms with E-state index in [4.69, 9.17) is 9.26 Å². The first kappa shape index (κ1) is 11.7. The topological polar surface area (TPSA) is 67.6 Å². The van der Waals surface area contributed by atoms with Gasteiger partial charge in [-0.3, -0.25) is 9.69 Å². The van der Waals surface area contributed by atoms with Gasteiger partial charge in [0.05, 0.1) is 18.9 Å². The van der Waals surface area contributed by atoms with Crippen molar-refractivity contribution in [2.24, 2.45) is 0 Å². The Hall–Kier alpha value is -1.40. The van der Waals surface area contributed by atoms with Gasteiger partial charge in [-0.2, -0.15) is 0 Å². The summed E-state index contributed by atoms with van der Waals surface area (Å²) < 4.78 is 10.5. The largest absolute Gasteiger partial charge is 0.376 e. The Kier molecular flexibility index (Phi) is 3.05. The Morgan fingerprint density at radius 1 is 1.56 bits per heavy atom. The molecule has 6 nitrogen and oxygen atoms in total. The molecule has 0 aromatic carbocycles. The second-order valence-electron chi connectivity index (χ2n) is 5.03. The van der Waals surface area contributed by atoms with Crippen LogP contribution in [0.25, 0.3) is 0 Å². The fourth-order valence-electron chi connectivity index (χ4n) is 2.73. The molecular weight excluding hydrogens is 234 g/mol. The van der Waals surface area contributed by atoms with E-state index in [0.29, 0.717) is 6.04 Å². The molecule has 0 spiro atoms. The minimum atomic E-state index is -0.189. The van der Waals surface area contributed by atoms with Crippen molar-refractivity contribution in [1.82, 2.24) is 15.4 Å². The van der Waals surface area contributed by atoms with E-state index < -0.39 is 0 Å². The number of rotatable bonds is 2. The molecule has 6 heteroatoms. The summed E-state index contributed by atoms with van der Waals surface area (Å²) in [6, 6.07) is 2.17. The highest BCUT2D eigenvalue weighted by Gasteiger charge is 2.37. The molecule has 2 aliphatic heterocycles. The predicted molar refractivity (Wildman–Crippen MR) is 63.1 cm³/mol. The highest BCUT2D eigenvalue weighted by molar-refractivity contribution is 5.91. The van der Waals surface area contributed by atoms with E-state index in [1.165, 1.54) is 6.20 Å². The SMILES string of the molecule is C[C@H]1CN2C[C@H](NC(=O)c3ccno3)C[C@H]2CO1. The summed E-state index contributed by atoms with van der Waals surface area (Å²) >= 11 is 0. The number of carbonyl (C=O) groups is 1. The fourth-order valence-corrected chi connectivity index (χ4v) is 2.73. The van der Waals surface area contributed by atoms with E-state index >= 15 is 0 Å². The zero-order chi connectivity index (χ0) is 12.5. The standard InChI is InChI=1S/C12H17N3O3/c1-8-5-15-6-9(4-10(15)7-17-8)14-12(16)11-2-3-13-18-11/h2-3,8-10H,4-7H2,1H3,(H,14,16)/t8-,9+,10-/m0/s1. The Bertz CT molecular complexity index is 420. The molecule has 0 aliphatic carbocycles. The summed E-state index contributed by atoms with van der Waals surface area (Å²) in [5.74, 6) is 0.0794. The molecule has 2 saturated heterocycles. The molecule has 1 aromatic rings. The molecule has 0 saturated carbocycles. The van der Waals surface area contributed by atoms with E-state index in [0.717, 1.165) is 26.1 Å². The number of hydrogen-bond donors (Lipinski definition) is 1. The average Bonchev–Trinajstić information content (AvgIpc) is 2.95. The minimum Gasteiger partial charge on any atom is -0.376 e. The third-order valence-electron chi connectivity index (χ3n) is 3.59. The van der Waals surface area contributed by atoms with Crippen molar-refractivity contribution in [3.8, 4) is 0 Å². The monoisotopic (exact) mass is 251 g/mol. The molecule has 1 N–H and O–H groups in total. The summed E-state index contributed by atoms with van der Waals surface area (Å²) in [6.07, 6.45) is 2.69. The third-order valence-corrected chi connectivity index (χ3v) is 3.59. The van der Waals surface area contributed by atoms with Crippen LogP contribution in [0, 0.1) is 0 Å². The van der Waals surface area contributed by atoms with Crippen LogP contribution in [0.4, 0.5) is 0 Å². The Morgan fingerprint density at radius 2 is 2.44 bits per heavy atom. The first-order valence-electron chi connectivity index (χ1n) is 6.29. The lowest BCUT2D eigenvalue weighted by atomic mass is 10.1. The van der Waals surface area contributed by atoms with Crippen molar-refractivity contribution in [3.63, 3.8) is 0 Å². The van der Waals surface area contributed by atoms with Crippen molar-refractivity contribution in [2.75, 3.05) is 19.7 Å². The van der Waals surface area contributed by atoms with Crippen LogP contribution in [-0.4, -0.2) is 53.8 Å². The summed E-state index contributed by atoms with van der Waals surface area (Å²) in [6.45, 7) is 4.67. The fraction of sp³-hybridized carbons (Fsp3) is 0.667. The van der Waals surface area contributed by atoms with Crippen LogP contribution in [-0.2, 0) is 4.74 Å². The second-order valence-corrected chi connectivity index (χ2v) is 5.03. The van der Waals surface area contributed by atoms with E-state index in [2.05, 4.69) is 22.3 Å². The van der Waals surface area contributed by atoms with Gasteiger partial charge in [0.1, 0.15) is 0 Å². The number of ether oxygens (including phenoxy) is 1. The number of fused-ring (bicyclic) bond motifs is 1. The highest BCUT2D eigenvalue weighted by atomic mass is 16.5. The first-order valence-corrected chi connectivity index (χ1v) is 6.29. The molecule has 98 valence electrons. The normalized spacial score (nSPS) is 32.2. The Balaban J connectivity index is 1.58. The number of nitrogens with zero attached hydrogens (tertiary/aromatic N) is 2. The summed E-state index contributed by atoms with van der Waals surface area (Å²) in [5, 5.41) is 6.52. The van der Waals surface area contributed by atoms with Gasteiger partial charge in [-0.05, 0) is 13.3 Å². The van der Waals surface area contributed by atoms with Gasteiger partial charge in [0, 0.05) is 31.2 Å². The van der Waals surface area contributed by atoms with E-state index in [-0.39, 0.29) is 23.8 Å². The number of hydrogen-bond acceptors (Lipinski definition) is 5. The van der Waals surface area contributed by atoms with Crippen LogP contribution in [0.5, 0.6) is 0 Å². The lowest BCUT2D eigenvalue weighted by Crippen LogP contribution is -2.45. The second kappa shape index (κ2) is 4.70. The number of amides is 1. The molecule has 2 fully saturated rings. The van der Waals surface area contributed by atoms with Crippen molar-refractivity contribution in [1.29, 1.82) is 0 Å². The lowest BCUT2D eigenvalue weighted by Gasteiger charge is -2.33. The maximum atomic E-state index is 11.8. The summed E-state index contributed by atoms with van der Waals surface area (Å²) in [5.41, 5.74) is 0.